The smallest absolute Gasteiger partial charge is 0.107 e. The molecule has 1 aliphatic rings. The van der Waals surface area contributed by atoms with Crippen LogP contribution in [0.25, 0.3) is 0 Å². The highest BCUT2D eigenvalue weighted by molar-refractivity contribution is 7.09. The van der Waals surface area contributed by atoms with Crippen LogP contribution in [0, 0.1) is 0 Å². The molecule has 0 saturated carbocycles. The van der Waals surface area contributed by atoms with E-state index in [-0.39, 0.29) is 5.54 Å². The molecule has 1 fully saturated rings. The minimum absolute atomic E-state index is 0.136. The van der Waals surface area contributed by atoms with Crippen LogP contribution >= 0.6 is 11.3 Å². The van der Waals surface area contributed by atoms with E-state index in [9.17, 15) is 0 Å². The van der Waals surface area contributed by atoms with Crippen molar-refractivity contribution in [1.29, 1.82) is 0 Å². The molecule has 0 radical (unpaired) electrons. The van der Waals surface area contributed by atoms with Crippen molar-refractivity contribution in [3.05, 3.63) is 16.1 Å². The lowest BCUT2D eigenvalue weighted by Gasteiger charge is -2.25. The number of piperidine rings is 1. The maximum atomic E-state index is 5.76. The third-order valence-electron chi connectivity index (χ3n) is 3.62. The molecule has 21 heavy (non-hydrogen) atoms. The second-order valence-corrected chi connectivity index (χ2v) is 7.73. The molecule has 1 aromatic rings. The highest BCUT2D eigenvalue weighted by Crippen LogP contribution is 2.12. The number of thiazole rings is 1. The van der Waals surface area contributed by atoms with Gasteiger partial charge >= 0.3 is 0 Å². The second kappa shape index (κ2) is 8.22. The summed E-state index contributed by atoms with van der Waals surface area (Å²) in [6.07, 6.45) is 4.08. The molecule has 4 nitrogen and oxygen atoms in total. The molecule has 2 heterocycles. The van der Waals surface area contributed by atoms with Crippen molar-refractivity contribution >= 4 is 11.3 Å². The van der Waals surface area contributed by atoms with Crippen LogP contribution in [0.15, 0.2) is 5.38 Å². The molecule has 0 aromatic carbocycles. The zero-order valence-electron chi connectivity index (χ0n) is 13.7. The first kappa shape index (κ1) is 16.9. The lowest BCUT2D eigenvalue weighted by Crippen LogP contribution is -2.35. The zero-order valence-corrected chi connectivity index (χ0v) is 14.5. The van der Waals surface area contributed by atoms with Crippen LogP contribution in [0.4, 0.5) is 0 Å². The van der Waals surface area contributed by atoms with Crippen LogP contribution in [-0.4, -0.2) is 41.7 Å². The average Bonchev–Trinajstić information content (AvgIpc) is 2.90. The fraction of sp³-hybridized carbons (Fsp3) is 0.812. The van der Waals surface area contributed by atoms with Crippen LogP contribution in [0.5, 0.6) is 0 Å². The quantitative estimate of drug-likeness (QED) is 0.786. The van der Waals surface area contributed by atoms with Gasteiger partial charge in [0.25, 0.3) is 0 Å². The van der Waals surface area contributed by atoms with Gasteiger partial charge in [-0.1, -0.05) is 6.42 Å². The summed E-state index contributed by atoms with van der Waals surface area (Å²) in [6, 6.07) is 0. The lowest BCUT2D eigenvalue weighted by atomic mass is 10.1. The molecule has 0 aliphatic carbocycles. The Labute approximate surface area is 132 Å². The molecular formula is C16H29N3OS. The Morgan fingerprint density at radius 2 is 2.05 bits per heavy atom. The number of nitrogens with one attached hydrogen (secondary N) is 1. The average molecular weight is 311 g/mol. The fourth-order valence-corrected chi connectivity index (χ4v) is 3.11. The minimum atomic E-state index is 0.136. The summed E-state index contributed by atoms with van der Waals surface area (Å²) in [5.74, 6) is 0. The van der Waals surface area contributed by atoms with Crippen molar-refractivity contribution in [1.82, 2.24) is 15.2 Å². The number of ether oxygens (including phenoxy) is 1. The molecule has 0 spiro atoms. The number of nitrogens with zero attached hydrogens (tertiary/aromatic N) is 2. The number of hydrogen-bond acceptors (Lipinski definition) is 5. The molecule has 120 valence electrons. The Kier molecular flexibility index (Phi) is 6.61. The Morgan fingerprint density at radius 1 is 1.29 bits per heavy atom. The van der Waals surface area contributed by atoms with E-state index in [0.717, 1.165) is 30.4 Å². The highest BCUT2D eigenvalue weighted by Gasteiger charge is 2.11. The normalized spacial score (nSPS) is 17.3. The van der Waals surface area contributed by atoms with Gasteiger partial charge in [0.2, 0.25) is 0 Å². The van der Waals surface area contributed by atoms with Gasteiger partial charge in [-0.05, 0) is 46.7 Å². The van der Waals surface area contributed by atoms with E-state index < -0.39 is 0 Å². The van der Waals surface area contributed by atoms with E-state index in [1.54, 1.807) is 11.3 Å². The van der Waals surface area contributed by atoms with E-state index >= 15 is 0 Å². The molecule has 0 amide bonds. The summed E-state index contributed by atoms with van der Waals surface area (Å²) < 4.78 is 5.76. The summed E-state index contributed by atoms with van der Waals surface area (Å²) in [6.45, 7) is 12.3. The van der Waals surface area contributed by atoms with Gasteiger partial charge in [-0.25, -0.2) is 4.98 Å². The van der Waals surface area contributed by atoms with Gasteiger partial charge in [-0.2, -0.15) is 0 Å². The second-order valence-electron chi connectivity index (χ2n) is 6.79. The number of rotatable bonds is 7. The number of hydrogen-bond donors (Lipinski definition) is 1. The van der Waals surface area contributed by atoms with E-state index in [1.165, 1.54) is 32.4 Å². The zero-order chi connectivity index (χ0) is 15.1. The largest absolute Gasteiger partial charge is 0.374 e. The summed E-state index contributed by atoms with van der Waals surface area (Å²) in [7, 11) is 0. The van der Waals surface area contributed by atoms with Crippen molar-refractivity contribution in [2.45, 2.75) is 58.7 Å². The molecule has 1 aromatic heterocycles. The topological polar surface area (TPSA) is 37.4 Å². The van der Waals surface area contributed by atoms with Gasteiger partial charge in [-0.15, -0.1) is 11.3 Å². The van der Waals surface area contributed by atoms with Crippen LogP contribution in [0.1, 0.15) is 50.7 Å². The van der Waals surface area contributed by atoms with Gasteiger partial charge < -0.3 is 15.0 Å². The first-order valence-corrected chi connectivity index (χ1v) is 8.89. The van der Waals surface area contributed by atoms with Crippen LogP contribution < -0.4 is 5.32 Å². The van der Waals surface area contributed by atoms with Crippen molar-refractivity contribution < 1.29 is 4.74 Å². The van der Waals surface area contributed by atoms with Crippen molar-refractivity contribution in [2.24, 2.45) is 0 Å². The Hall–Kier alpha value is -0.490. The third kappa shape index (κ3) is 6.87. The van der Waals surface area contributed by atoms with E-state index in [2.05, 4.69) is 41.4 Å². The van der Waals surface area contributed by atoms with Crippen LogP contribution in [0.2, 0.25) is 0 Å². The molecule has 0 unspecified atom stereocenters. The van der Waals surface area contributed by atoms with Crippen LogP contribution in [0.3, 0.4) is 0 Å². The van der Waals surface area contributed by atoms with Gasteiger partial charge in [0, 0.05) is 24.0 Å². The SMILES string of the molecule is CC(C)(C)NCc1nc(COCCN2CCCCC2)cs1. The molecule has 5 heteroatoms. The minimum Gasteiger partial charge on any atom is -0.374 e. The molecule has 0 atom stereocenters. The third-order valence-corrected chi connectivity index (χ3v) is 4.52. The summed E-state index contributed by atoms with van der Waals surface area (Å²) in [5.41, 5.74) is 1.20. The molecular weight excluding hydrogens is 282 g/mol. The summed E-state index contributed by atoms with van der Waals surface area (Å²) in [4.78, 5) is 7.12. The standard InChI is InChI=1S/C16H29N3OS/c1-16(2,3)17-11-15-18-14(13-21-15)12-20-10-9-19-7-5-4-6-8-19/h13,17H,4-12H2,1-3H3. The number of likely N-dealkylation sites (tertiary alicyclic amines) is 1. The number of aromatic nitrogens is 1. The van der Waals surface area contributed by atoms with Crippen LogP contribution in [-0.2, 0) is 17.9 Å². The molecule has 1 aliphatic heterocycles. The first-order valence-electron chi connectivity index (χ1n) is 8.01. The molecule has 1 N–H and O–H groups in total. The fourth-order valence-electron chi connectivity index (χ4n) is 2.39. The van der Waals surface area contributed by atoms with Gasteiger partial charge in [0.05, 0.1) is 18.9 Å². The maximum absolute atomic E-state index is 5.76. The highest BCUT2D eigenvalue weighted by atomic mass is 32.1. The van der Waals surface area contributed by atoms with Gasteiger partial charge in [0.1, 0.15) is 5.01 Å². The van der Waals surface area contributed by atoms with E-state index in [0.29, 0.717) is 6.61 Å². The first-order chi connectivity index (χ1) is 10.0. The van der Waals surface area contributed by atoms with Crippen molar-refractivity contribution in [2.75, 3.05) is 26.2 Å². The predicted molar refractivity (Wildman–Crippen MR) is 88.7 cm³/mol. The summed E-state index contributed by atoms with van der Waals surface area (Å²) >= 11 is 1.71. The monoisotopic (exact) mass is 311 g/mol. The molecule has 1 saturated heterocycles. The lowest BCUT2D eigenvalue weighted by molar-refractivity contribution is 0.0847. The maximum Gasteiger partial charge on any atom is 0.107 e. The van der Waals surface area contributed by atoms with Crippen molar-refractivity contribution in [3.8, 4) is 0 Å². The Balaban J connectivity index is 1.61. The molecule has 0 bridgehead atoms. The summed E-state index contributed by atoms with van der Waals surface area (Å²) in [5, 5.41) is 6.71. The van der Waals surface area contributed by atoms with E-state index in [1.807, 2.05) is 0 Å². The Bertz CT molecular complexity index is 408. The van der Waals surface area contributed by atoms with Gasteiger partial charge in [-0.3, -0.25) is 0 Å². The van der Waals surface area contributed by atoms with E-state index in [4.69, 9.17) is 4.74 Å². The Morgan fingerprint density at radius 3 is 2.76 bits per heavy atom. The van der Waals surface area contributed by atoms with Gasteiger partial charge in [0.15, 0.2) is 0 Å². The van der Waals surface area contributed by atoms with Crippen molar-refractivity contribution in [3.63, 3.8) is 0 Å². The predicted octanol–water partition coefficient (Wildman–Crippen LogP) is 3.03. The molecule has 2 rings (SSSR count).